The van der Waals surface area contributed by atoms with Gasteiger partial charge in [-0.1, -0.05) is 136 Å². The third-order valence-corrected chi connectivity index (χ3v) is 31.0. The number of aryl methyl sites for hydroxylation is 1. The number of sulfone groups is 1. The van der Waals surface area contributed by atoms with Gasteiger partial charge in [-0.3, -0.25) is 4.79 Å². The second-order valence-electron chi connectivity index (χ2n) is 27.3. The minimum Gasteiger partial charge on any atom is -0.411 e. The van der Waals surface area contributed by atoms with Crippen molar-refractivity contribution in [3.05, 3.63) is 64.3 Å². The monoisotopic (exact) mass is 1240 g/mol. The highest BCUT2D eigenvalue weighted by Gasteiger charge is 2.57. The van der Waals surface area contributed by atoms with Crippen molar-refractivity contribution in [1.29, 1.82) is 0 Å². The van der Waals surface area contributed by atoms with E-state index in [1.54, 1.807) is 12.1 Å². The molecule has 5 heterocycles. The van der Waals surface area contributed by atoms with Gasteiger partial charge in [0.25, 0.3) is 0 Å². The van der Waals surface area contributed by atoms with E-state index in [2.05, 4.69) is 144 Å². The number of halogens is 1. The summed E-state index contributed by atoms with van der Waals surface area (Å²) < 4.78 is 82.6. The Bertz CT molecular complexity index is 2310. The smallest absolute Gasteiger partial charge is 0.193 e. The zero-order chi connectivity index (χ0) is 57.2. The molecule has 0 saturated carbocycles. The summed E-state index contributed by atoms with van der Waals surface area (Å²) in [4.78, 5) is 26.9. The molecular formula is C62H101IO11SSi2. The lowest BCUT2D eigenvalue weighted by atomic mass is 9.78. The number of rotatable bonds is 23. The van der Waals surface area contributed by atoms with Crippen LogP contribution >= 0.6 is 22.6 Å². The highest BCUT2D eigenvalue weighted by atomic mass is 127. The Morgan fingerprint density at radius 1 is 0.844 bits per heavy atom. The van der Waals surface area contributed by atoms with Crippen molar-refractivity contribution in [3.63, 3.8) is 0 Å². The van der Waals surface area contributed by atoms with Gasteiger partial charge in [0.15, 0.2) is 32.3 Å². The Morgan fingerprint density at radius 2 is 1.49 bits per heavy atom. The SMILES string of the molecule is C=C1C[C@H](CCC=O)O[C@H]1CC[C@H]1C[C@@H](C)C(=C)[C@@H](C[C@@H]2O[C@H](C[C@H](C)CC)[C@H](C)[C@H]2C(C(=O)C[C@H]2CC[C@@H]3O[C@@H]([C@H](/C=C/I)O[Si](C)(C)C(C)(C)C)[C@@H](O[Si](C)(C)C(C)(C)C)[C@@H](C)[C@H]3O2)S(=O)(=O)c2ccc(C)cc2)O1. The maximum Gasteiger partial charge on any atom is 0.193 e. The van der Waals surface area contributed by atoms with Crippen molar-refractivity contribution in [3.8, 4) is 0 Å². The van der Waals surface area contributed by atoms with E-state index < -0.39 is 56.0 Å². The first kappa shape index (κ1) is 64.8. The maximum absolute atomic E-state index is 15.7. The first-order chi connectivity index (χ1) is 35.8. The van der Waals surface area contributed by atoms with E-state index in [-0.39, 0.29) is 99.9 Å². The molecule has 5 saturated heterocycles. The number of ether oxygens (including phenoxy) is 5. The molecule has 0 spiro atoms. The summed E-state index contributed by atoms with van der Waals surface area (Å²) in [5.41, 5.74) is 2.97. The number of benzene rings is 1. The van der Waals surface area contributed by atoms with Gasteiger partial charge in [-0.2, -0.15) is 0 Å². The molecule has 0 amide bonds. The zero-order valence-corrected chi connectivity index (χ0v) is 55.1. The van der Waals surface area contributed by atoms with E-state index >= 15 is 13.2 Å². The van der Waals surface area contributed by atoms with E-state index in [9.17, 15) is 4.79 Å². The van der Waals surface area contributed by atoms with Crippen LogP contribution < -0.4 is 0 Å². The normalized spacial score (nSPS) is 34.0. The lowest BCUT2D eigenvalue weighted by Gasteiger charge is -2.54. The number of hydrogen-bond donors (Lipinski definition) is 0. The summed E-state index contributed by atoms with van der Waals surface area (Å²) in [5.74, 6) is -0.879. The molecule has 77 heavy (non-hydrogen) atoms. The lowest BCUT2D eigenvalue weighted by Crippen LogP contribution is -2.64. The average molecular weight is 1240 g/mol. The highest BCUT2D eigenvalue weighted by molar-refractivity contribution is 14.1. The molecule has 0 aliphatic carbocycles. The Hall–Kier alpha value is -1.39. The van der Waals surface area contributed by atoms with Gasteiger partial charge in [0, 0.05) is 31.1 Å². The summed E-state index contributed by atoms with van der Waals surface area (Å²) in [5, 5.41) is -1.48. The molecule has 0 N–H and O–H groups in total. The Balaban J connectivity index is 1.31. The van der Waals surface area contributed by atoms with Gasteiger partial charge >= 0.3 is 0 Å². The molecule has 5 fully saturated rings. The van der Waals surface area contributed by atoms with Crippen molar-refractivity contribution in [1.82, 2.24) is 0 Å². The van der Waals surface area contributed by atoms with Crippen molar-refractivity contribution in [2.24, 2.45) is 29.6 Å². The molecular weight excluding hydrogens is 1140 g/mol. The van der Waals surface area contributed by atoms with Crippen LogP contribution in [0.2, 0.25) is 36.3 Å². The van der Waals surface area contributed by atoms with Gasteiger partial charge < -0.3 is 37.3 Å². The number of hydrogen-bond acceptors (Lipinski definition) is 11. The topological polar surface area (TPSA) is 133 Å². The van der Waals surface area contributed by atoms with Crippen molar-refractivity contribution in [2.75, 3.05) is 0 Å². The van der Waals surface area contributed by atoms with Gasteiger partial charge in [-0.05, 0) is 146 Å². The minimum atomic E-state index is -4.26. The number of ketones is 1. The second kappa shape index (κ2) is 26.5. The average Bonchev–Trinajstić information content (AvgIpc) is 3.84. The van der Waals surface area contributed by atoms with Gasteiger partial charge in [0.2, 0.25) is 0 Å². The van der Waals surface area contributed by atoms with E-state index in [0.717, 1.165) is 61.5 Å². The third kappa shape index (κ3) is 15.4. The molecule has 0 bridgehead atoms. The molecule has 1 unspecified atom stereocenters. The van der Waals surface area contributed by atoms with Crippen molar-refractivity contribution >= 4 is 61.1 Å². The quantitative estimate of drug-likeness (QED) is 0.0449. The largest absolute Gasteiger partial charge is 0.411 e. The van der Waals surface area contributed by atoms with Crippen LogP contribution in [0.25, 0.3) is 0 Å². The first-order valence-electron chi connectivity index (χ1n) is 29.4. The number of aldehydes is 1. The highest BCUT2D eigenvalue weighted by Crippen LogP contribution is 2.49. The Labute approximate surface area is 482 Å². The fraction of sp³-hybridized carbons (Fsp3) is 0.774. The van der Waals surface area contributed by atoms with Gasteiger partial charge in [-0.25, -0.2) is 8.42 Å². The van der Waals surface area contributed by atoms with E-state index in [1.165, 1.54) is 0 Å². The molecule has 0 aromatic heterocycles. The molecule has 6 rings (SSSR count). The van der Waals surface area contributed by atoms with Crippen LogP contribution in [0.1, 0.15) is 159 Å². The summed E-state index contributed by atoms with van der Waals surface area (Å²) in [6.07, 6.45) is 6.93. The summed E-state index contributed by atoms with van der Waals surface area (Å²) in [6, 6.07) is 6.93. The fourth-order valence-electron chi connectivity index (χ4n) is 12.2. The first-order valence-corrected chi connectivity index (χ1v) is 38.0. The number of carbonyl (C=O) groups excluding carboxylic acids is 2. The maximum atomic E-state index is 15.7. The standard InChI is InChI=1S/C62H101IO11SSi2/c1-19-38(2)33-53-43(7)56(55(71-53)37-54-42(6)40(4)34-46(69-54)24-28-50-41(5)35-45(68-50)21-20-32-64)60(75(66,67)48-26-22-39(3)23-27-48)49(65)36-47-25-29-51-57(70-47)44(8)58(74-77(17,18)62(12,13)14)59(72-51)52(30-31-63)73-76(15,16)61(9,10)11/h22-23,26-27,30-32,38,40,43-47,50-60H,5-6,19-21,24-25,28-29,33-37H2,1-4,7-18H3/b31-30+/t38-,40-,43+,44+,45+,46+,47-,50+,51+,52+,53-,54-,55+,56-,57-,58+,59+,60?/m1/s1. The Morgan fingerprint density at radius 3 is 2.10 bits per heavy atom. The molecule has 15 heteroatoms. The summed E-state index contributed by atoms with van der Waals surface area (Å²) in [6.45, 7) is 44.4. The zero-order valence-electron chi connectivity index (χ0n) is 50.1. The number of carbonyl (C=O) groups is 2. The third-order valence-electron chi connectivity index (χ3n) is 19.5. The van der Waals surface area contributed by atoms with E-state index in [4.69, 9.17) is 32.5 Å². The fourth-order valence-corrected chi connectivity index (χ4v) is 17.3. The van der Waals surface area contributed by atoms with Crippen molar-refractivity contribution in [2.45, 2.75) is 280 Å². The van der Waals surface area contributed by atoms with Gasteiger partial charge in [-0.15, -0.1) is 0 Å². The van der Waals surface area contributed by atoms with Crippen LogP contribution in [0.5, 0.6) is 0 Å². The van der Waals surface area contributed by atoms with Crippen LogP contribution in [-0.4, -0.2) is 116 Å². The lowest BCUT2D eigenvalue weighted by molar-refractivity contribution is -0.251. The van der Waals surface area contributed by atoms with E-state index in [0.29, 0.717) is 38.0 Å². The van der Waals surface area contributed by atoms with E-state index in [1.807, 2.05) is 23.1 Å². The van der Waals surface area contributed by atoms with Crippen molar-refractivity contribution < 1.29 is 50.5 Å². The van der Waals surface area contributed by atoms with Crippen LogP contribution in [0.15, 0.2) is 63.6 Å². The molecule has 436 valence electrons. The van der Waals surface area contributed by atoms with Crippen LogP contribution in [0.3, 0.4) is 0 Å². The summed E-state index contributed by atoms with van der Waals surface area (Å²) in [7, 11) is -8.90. The van der Waals surface area contributed by atoms with Gasteiger partial charge in [0.1, 0.15) is 17.6 Å². The Kier molecular flexibility index (Phi) is 22.3. The molecule has 1 aromatic rings. The molecule has 18 atom stereocenters. The molecule has 1 aromatic carbocycles. The van der Waals surface area contributed by atoms with Gasteiger partial charge in [0.05, 0.1) is 72.0 Å². The molecule has 5 aliphatic heterocycles. The molecule has 0 radical (unpaired) electrons. The molecule has 5 aliphatic rings. The van der Waals surface area contributed by atoms with Crippen LogP contribution in [-0.2, 0) is 52.0 Å². The second-order valence-corrected chi connectivity index (χ2v) is 39.6. The van der Waals surface area contributed by atoms with Crippen LogP contribution in [0, 0.1) is 36.5 Å². The number of Topliss-reactive ketones (excluding diaryl/α,β-unsaturated/α-hetero) is 1. The number of fused-ring (bicyclic) bond motifs is 1. The van der Waals surface area contributed by atoms with Crippen LogP contribution in [0.4, 0.5) is 0 Å². The predicted octanol–water partition coefficient (Wildman–Crippen LogP) is 14.4. The predicted molar refractivity (Wildman–Crippen MR) is 323 cm³/mol. The summed E-state index contributed by atoms with van der Waals surface area (Å²) >= 11 is 2.28. The minimum absolute atomic E-state index is 0.0117. The molecule has 11 nitrogen and oxygen atoms in total.